The van der Waals surface area contributed by atoms with Crippen LogP contribution in [0.1, 0.15) is 19.4 Å². The molecule has 0 heterocycles. The van der Waals surface area contributed by atoms with Gasteiger partial charge in [-0.1, -0.05) is 19.9 Å². The number of rotatable bonds is 9. The molecular formula is C15H25N3O3. The standard InChI is InChI=1S/C15H25N3O3/c1-12(2)10-16-11-13-5-6-15(14(9-13)18(19)20)21-8-7-17(3)4/h5-6,9,12,16H,7-8,10-11H2,1-4H3. The number of benzene rings is 1. The van der Waals surface area contributed by atoms with Crippen molar-refractivity contribution in [1.82, 2.24) is 10.2 Å². The van der Waals surface area contributed by atoms with Crippen molar-refractivity contribution in [3.63, 3.8) is 0 Å². The van der Waals surface area contributed by atoms with Crippen LogP contribution in [0, 0.1) is 16.0 Å². The molecule has 1 N–H and O–H groups in total. The molecule has 0 bridgehead atoms. The molecule has 0 atom stereocenters. The number of hydrogen-bond acceptors (Lipinski definition) is 5. The van der Waals surface area contributed by atoms with Gasteiger partial charge >= 0.3 is 5.69 Å². The van der Waals surface area contributed by atoms with E-state index in [1.54, 1.807) is 12.1 Å². The number of nitro groups is 1. The average Bonchev–Trinajstić information content (AvgIpc) is 2.39. The van der Waals surface area contributed by atoms with Crippen LogP contribution < -0.4 is 10.1 Å². The normalized spacial score (nSPS) is 11.1. The second-order valence-electron chi connectivity index (χ2n) is 5.74. The maximum absolute atomic E-state index is 11.1. The first-order valence-corrected chi connectivity index (χ1v) is 7.15. The van der Waals surface area contributed by atoms with E-state index in [1.165, 1.54) is 0 Å². The van der Waals surface area contributed by atoms with Crippen molar-refractivity contribution in [1.29, 1.82) is 0 Å². The van der Waals surface area contributed by atoms with Crippen LogP contribution in [0.25, 0.3) is 0 Å². The highest BCUT2D eigenvalue weighted by molar-refractivity contribution is 5.48. The van der Waals surface area contributed by atoms with E-state index in [0.717, 1.165) is 18.7 Å². The van der Waals surface area contributed by atoms with E-state index in [0.29, 0.717) is 24.8 Å². The van der Waals surface area contributed by atoms with E-state index >= 15 is 0 Å². The Kier molecular flexibility index (Phi) is 7.11. The maximum atomic E-state index is 11.1. The van der Waals surface area contributed by atoms with Crippen LogP contribution in [-0.4, -0.2) is 43.6 Å². The molecule has 0 aromatic heterocycles. The van der Waals surface area contributed by atoms with Crippen LogP contribution in [0.5, 0.6) is 5.75 Å². The third-order valence-corrected chi connectivity index (χ3v) is 2.90. The molecule has 1 rings (SSSR count). The third kappa shape index (κ3) is 6.55. The summed E-state index contributed by atoms with van der Waals surface area (Å²) in [5.41, 5.74) is 0.917. The van der Waals surface area contributed by atoms with E-state index in [-0.39, 0.29) is 5.69 Å². The van der Waals surface area contributed by atoms with Crippen molar-refractivity contribution in [3.05, 3.63) is 33.9 Å². The first-order valence-electron chi connectivity index (χ1n) is 7.15. The lowest BCUT2D eigenvalue weighted by atomic mass is 10.1. The maximum Gasteiger partial charge on any atom is 0.311 e. The number of nitrogens with one attached hydrogen (secondary N) is 1. The summed E-state index contributed by atoms with van der Waals surface area (Å²) in [5.74, 6) is 0.878. The monoisotopic (exact) mass is 295 g/mol. The third-order valence-electron chi connectivity index (χ3n) is 2.90. The van der Waals surface area contributed by atoms with Gasteiger partial charge in [-0.05, 0) is 38.2 Å². The molecule has 0 saturated heterocycles. The Hall–Kier alpha value is -1.66. The molecule has 0 spiro atoms. The van der Waals surface area contributed by atoms with E-state index in [1.807, 2.05) is 25.1 Å². The second-order valence-corrected chi connectivity index (χ2v) is 5.74. The fourth-order valence-electron chi connectivity index (χ4n) is 1.78. The van der Waals surface area contributed by atoms with Crippen LogP contribution in [-0.2, 0) is 6.54 Å². The quantitative estimate of drug-likeness (QED) is 0.559. The van der Waals surface area contributed by atoms with Gasteiger partial charge in [-0.15, -0.1) is 0 Å². The minimum absolute atomic E-state index is 0.0256. The Morgan fingerprint density at radius 1 is 1.38 bits per heavy atom. The Morgan fingerprint density at radius 3 is 2.67 bits per heavy atom. The molecule has 1 aromatic rings. The summed E-state index contributed by atoms with van der Waals surface area (Å²) >= 11 is 0. The molecule has 0 saturated carbocycles. The topological polar surface area (TPSA) is 67.6 Å². The smallest absolute Gasteiger partial charge is 0.311 e. The van der Waals surface area contributed by atoms with E-state index < -0.39 is 4.92 Å². The van der Waals surface area contributed by atoms with Crippen molar-refractivity contribution in [3.8, 4) is 5.75 Å². The molecule has 21 heavy (non-hydrogen) atoms. The zero-order valence-corrected chi connectivity index (χ0v) is 13.3. The Morgan fingerprint density at radius 2 is 2.10 bits per heavy atom. The van der Waals surface area contributed by atoms with Gasteiger partial charge in [0.25, 0.3) is 0 Å². The largest absolute Gasteiger partial charge is 0.485 e. The highest BCUT2D eigenvalue weighted by Crippen LogP contribution is 2.27. The zero-order valence-electron chi connectivity index (χ0n) is 13.3. The Labute approximate surface area is 126 Å². The minimum atomic E-state index is -0.392. The molecule has 6 heteroatoms. The van der Waals surface area contributed by atoms with Crippen molar-refractivity contribution < 1.29 is 9.66 Å². The molecule has 118 valence electrons. The summed E-state index contributed by atoms with van der Waals surface area (Å²) in [6.07, 6.45) is 0. The number of ether oxygens (including phenoxy) is 1. The number of nitrogens with zero attached hydrogens (tertiary/aromatic N) is 2. The first kappa shape index (κ1) is 17.4. The Balaban J connectivity index is 2.70. The highest BCUT2D eigenvalue weighted by Gasteiger charge is 2.16. The zero-order chi connectivity index (χ0) is 15.8. The van der Waals surface area contributed by atoms with Crippen LogP contribution in [0.2, 0.25) is 0 Å². The molecule has 0 aliphatic rings. The van der Waals surface area contributed by atoms with Gasteiger partial charge in [0, 0.05) is 19.2 Å². The van der Waals surface area contributed by atoms with Crippen molar-refractivity contribution in [2.24, 2.45) is 5.92 Å². The average molecular weight is 295 g/mol. The van der Waals surface area contributed by atoms with E-state index in [2.05, 4.69) is 19.2 Å². The summed E-state index contributed by atoms with van der Waals surface area (Å²) in [4.78, 5) is 12.7. The number of hydrogen-bond donors (Lipinski definition) is 1. The molecule has 0 amide bonds. The van der Waals surface area contributed by atoms with Crippen LogP contribution in [0.3, 0.4) is 0 Å². The number of nitro benzene ring substituents is 1. The van der Waals surface area contributed by atoms with Gasteiger partial charge in [0.05, 0.1) is 4.92 Å². The van der Waals surface area contributed by atoms with Crippen molar-refractivity contribution in [2.45, 2.75) is 20.4 Å². The van der Waals surface area contributed by atoms with Gasteiger partial charge in [-0.25, -0.2) is 0 Å². The lowest BCUT2D eigenvalue weighted by molar-refractivity contribution is -0.385. The molecule has 0 unspecified atom stereocenters. The molecule has 1 aromatic carbocycles. The predicted molar refractivity (Wildman–Crippen MR) is 83.7 cm³/mol. The van der Waals surface area contributed by atoms with Gasteiger partial charge in [-0.3, -0.25) is 10.1 Å². The summed E-state index contributed by atoms with van der Waals surface area (Å²) in [6, 6.07) is 5.13. The molecular weight excluding hydrogens is 270 g/mol. The SMILES string of the molecule is CC(C)CNCc1ccc(OCCN(C)C)c([N+](=O)[O-])c1. The van der Waals surface area contributed by atoms with Crippen molar-refractivity contribution >= 4 is 5.69 Å². The highest BCUT2D eigenvalue weighted by atomic mass is 16.6. The fourth-order valence-corrected chi connectivity index (χ4v) is 1.78. The van der Waals surface area contributed by atoms with Gasteiger partial charge in [0.15, 0.2) is 5.75 Å². The summed E-state index contributed by atoms with van der Waals surface area (Å²) < 4.78 is 5.50. The Bertz CT molecular complexity index is 461. The molecule has 6 nitrogen and oxygen atoms in total. The van der Waals surface area contributed by atoms with Gasteiger partial charge < -0.3 is 15.0 Å². The molecule has 0 aliphatic carbocycles. The lowest BCUT2D eigenvalue weighted by Gasteiger charge is -2.12. The van der Waals surface area contributed by atoms with E-state index in [4.69, 9.17) is 4.74 Å². The lowest BCUT2D eigenvalue weighted by Crippen LogP contribution is -2.20. The second kappa shape index (κ2) is 8.59. The van der Waals surface area contributed by atoms with Crippen LogP contribution in [0.15, 0.2) is 18.2 Å². The summed E-state index contributed by atoms with van der Waals surface area (Å²) in [6.45, 7) is 6.90. The van der Waals surface area contributed by atoms with Gasteiger partial charge in [0.1, 0.15) is 6.61 Å². The van der Waals surface area contributed by atoms with Crippen LogP contribution >= 0.6 is 0 Å². The van der Waals surface area contributed by atoms with E-state index in [9.17, 15) is 10.1 Å². The summed E-state index contributed by atoms with van der Waals surface area (Å²) in [7, 11) is 3.86. The molecule has 0 fully saturated rings. The van der Waals surface area contributed by atoms with Crippen LogP contribution in [0.4, 0.5) is 5.69 Å². The molecule has 0 aliphatic heterocycles. The van der Waals surface area contributed by atoms with Gasteiger partial charge in [-0.2, -0.15) is 0 Å². The minimum Gasteiger partial charge on any atom is -0.485 e. The predicted octanol–water partition coefficient (Wildman–Crippen LogP) is 2.28. The molecule has 0 radical (unpaired) electrons. The fraction of sp³-hybridized carbons (Fsp3) is 0.600. The van der Waals surface area contributed by atoms with Gasteiger partial charge in [0.2, 0.25) is 0 Å². The summed E-state index contributed by atoms with van der Waals surface area (Å²) in [5, 5.41) is 14.4. The van der Waals surface area contributed by atoms with Crippen molar-refractivity contribution in [2.75, 3.05) is 33.8 Å². The number of likely N-dealkylation sites (N-methyl/N-ethyl adjacent to an activating group) is 1. The first-order chi connectivity index (χ1) is 9.90.